The van der Waals surface area contributed by atoms with E-state index >= 15 is 0 Å². The molecule has 8 nitrogen and oxygen atoms in total. The molecule has 172 valence electrons. The van der Waals surface area contributed by atoms with Gasteiger partial charge < -0.3 is 19.1 Å². The molecule has 0 atom stereocenters. The lowest BCUT2D eigenvalue weighted by Crippen LogP contribution is -2.34. The van der Waals surface area contributed by atoms with Crippen molar-refractivity contribution in [2.24, 2.45) is 7.05 Å². The van der Waals surface area contributed by atoms with Gasteiger partial charge in [0.05, 0.1) is 16.8 Å². The van der Waals surface area contributed by atoms with Crippen LogP contribution in [-0.4, -0.2) is 65.0 Å². The lowest BCUT2D eigenvalue weighted by Gasteiger charge is -2.35. The summed E-state index contributed by atoms with van der Waals surface area (Å²) in [5.74, 6) is 1.42. The van der Waals surface area contributed by atoms with E-state index in [1.807, 2.05) is 36.7 Å². The second-order valence-corrected chi connectivity index (χ2v) is 8.53. The maximum atomic E-state index is 13.6. The maximum Gasteiger partial charge on any atom is 0.212 e. The van der Waals surface area contributed by atoms with E-state index in [1.54, 1.807) is 18.5 Å². The summed E-state index contributed by atoms with van der Waals surface area (Å²) in [7, 11) is 5.93. The van der Waals surface area contributed by atoms with E-state index in [4.69, 9.17) is 4.74 Å². The average Bonchev–Trinajstić information content (AvgIpc) is 3.25. The second kappa shape index (κ2) is 9.96. The number of pyridine rings is 1. The van der Waals surface area contributed by atoms with Crippen LogP contribution in [0.1, 0.15) is 30.1 Å². The Bertz CT molecular complexity index is 1130. The van der Waals surface area contributed by atoms with Gasteiger partial charge in [-0.1, -0.05) is 0 Å². The van der Waals surface area contributed by atoms with E-state index in [0.717, 1.165) is 55.1 Å². The third kappa shape index (κ3) is 4.96. The van der Waals surface area contributed by atoms with E-state index < -0.39 is 5.95 Å². The molecule has 0 aliphatic carbocycles. The fourth-order valence-electron chi connectivity index (χ4n) is 4.28. The Kier molecular flexibility index (Phi) is 6.84. The van der Waals surface area contributed by atoms with Gasteiger partial charge in [-0.25, -0.2) is 4.98 Å². The summed E-state index contributed by atoms with van der Waals surface area (Å²) in [4.78, 5) is 8.12. The quantitative estimate of drug-likeness (QED) is 0.512. The molecule has 1 aromatic carbocycles. The molecule has 0 radical (unpaired) electrons. The molecule has 3 aromatic rings. The third-order valence-electron chi connectivity index (χ3n) is 6.00. The molecular formula is C24H28FN7O. The van der Waals surface area contributed by atoms with Gasteiger partial charge in [0, 0.05) is 44.4 Å². The molecule has 0 spiro atoms. The Balaban J connectivity index is 1.70. The smallest absolute Gasteiger partial charge is 0.212 e. The largest absolute Gasteiger partial charge is 0.492 e. The van der Waals surface area contributed by atoms with Crippen molar-refractivity contribution in [1.29, 1.82) is 5.26 Å². The van der Waals surface area contributed by atoms with E-state index in [9.17, 15) is 9.65 Å². The van der Waals surface area contributed by atoms with Crippen LogP contribution in [0.2, 0.25) is 0 Å². The summed E-state index contributed by atoms with van der Waals surface area (Å²) >= 11 is 0. The molecule has 9 heteroatoms. The first-order valence-corrected chi connectivity index (χ1v) is 11.0. The van der Waals surface area contributed by atoms with Gasteiger partial charge in [0.2, 0.25) is 5.95 Å². The number of anilines is 1. The number of hydrogen-bond donors (Lipinski definition) is 0. The third-order valence-corrected chi connectivity index (χ3v) is 6.00. The average molecular weight is 450 g/mol. The number of piperidine rings is 1. The zero-order valence-electron chi connectivity index (χ0n) is 19.2. The molecule has 1 saturated heterocycles. The number of nitriles is 1. The Hall–Kier alpha value is -3.51. The number of halogens is 1. The molecule has 1 aliphatic rings. The van der Waals surface area contributed by atoms with Crippen molar-refractivity contribution in [1.82, 2.24) is 24.6 Å². The molecule has 1 fully saturated rings. The molecule has 0 amide bonds. The molecule has 0 saturated carbocycles. The number of ether oxygens (including phenoxy) is 1. The maximum absolute atomic E-state index is 13.6. The number of hydrogen-bond acceptors (Lipinski definition) is 7. The van der Waals surface area contributed by atoms with Gasteiger partial charge >= 0.3 is 0 Å². The zero-order chi connectivity index (χ0) is 23.4. The highest BCUT2D eigenvalue weighted by atomic mass is 19.1. The van der Waals surface area contributed by atoms with Crippen LogP contribution in [0, 0.1) is 17.3 Å². The van der Waals surface area contributed by atoms with Crippen LogP contribution in [0.15, 0.2) is 36.8 Å². The molecule has 0 N–H and O–H groups in total. The predicted molar refractivity (Wildman–Crippen MR) is 124 cm³/mol. The van der Waals surface area contributed by atoms with Crippen molar-refractivity contribution in [3.8, 4) is 22.9 Å². The van der Waals surface area contributed by atoms with Crippen LogP contribution in [-0.2, 0) is 7.05 Å². The van der Waals surface area contributed by atoms with Gasteiger partial charge in [-0.3, -0.25) is 0 Å². The van der Waals surface area contributed by atoms with E-state index in [1.165, 1.54) is 12.3 Å². The Labute approximate surface area is 193 Å². The van der Waals surface area contributed by atoms with Gasteiger partial charge in [-0.2, -0.15) is 9.65 Å². The first-order valence-electron chi connectivity index (χ1n) is 11.0. The minimum atomic E-state index is -0.545. The van der Waals surface area contributed by atoms with Crippen molar-refractivity contribution in [3.63, 3.8) is 0 Å². The predicted octanol–water partition coefficient (Wildman–Crippen LogP) is 3.21. The van der Waals surface area contributed by atoms with Gasteiger partial charge in [-0.15, -0.1) is 10.2 Å². The fraction of sp³-hybridized carbons (Fsp3) is 0.417. The van der Waals surface area contributed by atoms with Gasteiger partial charge in [0.1, 0.15) is 30.6 Å². The number of aryl methyl sites for hydroxylation is 1. The highest BCUT2D eigenvalue weighted by Crippen LogP contribution is 2.43. The Morgan fingerprint density at radius 1 is 1.21 bits per heavy atom. The molecule has 2 aromatic heterocycles. The minimum absolute atomic E-state index is 0.315. The van der Waals surface area contributed by atoms with E-state index in [-0.39, 0.29) is 0 Å². The second-order valence-electron chi connectivity index (χ2n) is 8.53. The lowest BCUT2D eigenvalue weighted by molar-refractivity contribution is 0.262. The topological polar surface area (TPSA) is 83.1 Å². The first kappa shape index (κ1) is 22.7. The van der Waals surface area contributed by atoms with E-state index in [2.05, 4.69) is 26.2 Å². The first-order chi connectivity index (χ1) is 16.0. The van der Waals surface area contributed by atoms with Crippen LogP contribution in [0.25, 0.3) is 11.1 Å². The van der Waals surface area contributed by atoms with Crippen LogP contribution in [0.4, 0.5) is 10.1 Å². The van der Waals surface area contributed by atoms with Crippen molar-refractivity contribution in [3.05, 3.63) is 54.1 Å². The van der Waals surface area contributed by atoms with Gasteiger partial charge in [0.15, 0.2) is 0 Å². The zero-order valence-corrected chi connectivity index (χ0v) is 19.2. The summed E-state index contributed by atoms with van der Waals surface area (Å²) in [6.07, 6.45) is 5.01. The lowest BCUT2D eigenvalue weighted by atomic mass is 9.93. The van der Waals surface area contributed by atoms with Gasteiger partial charge in [0.25, 0.3) is 0 Å². The standard InChI is InChI=1S/C24H28FN7O/c1-30(2)12-13-33-20-6-4-18(14-26)23(22(20)19-5-7-21(25)27-15-19)32-10-8-17(9-11-32)24-29-28-16-31(24)3/h4-7,15-17H,8-13H2,1-3H3. The minimum Gasteiger partial charge on any atom is -0.492 e. The molecule has 0 bridgehead atoms. The molecule has 33 heavy (non-hydrogen) atoms. The normalized spacial score (nSPS) is 14.5. The van der Waals surface area contributed by atoms with Crippen LogP contribution in [0.5, 0.6) is 5.75 Å². The van der Waals surface area contributed by atoms with Crippen LogP contribution < -0.4 is 9.64 Å². The monoisotopic (exact) mass is 449 g/mol. The number of aromatic nitrogens is 4. The molecular weight excluding hydrogens is 421 g/mol. The highest BCUT2D eigenvalue weighted by molar-refractivity contribution is 5.87. The SMILES string of the molecule is CN(C)CCOc1ccc(C#N)c(N2CCC(c3nncn3C)CC2)c1-c1ccc(F)nc1. The summed E-state index contributed by atoms with van der Waals surface area (Å²) in [6.45, 7) is 2.76. The molecule has 1 aliphatic heterocycles. The van der Waals surface area contributed by atoms with Crippen molar-refractivity contribution in [2.75, 3.05) is 45.2 Å². The van der Waals surface area contributed by atoms with Crippen molar-refractivity contribution in [2.45, 2.75) is 18.8 Å². The number of likely N-dealkylation sites (N-methyl/N-ethyl adjacent to an activating group) is 1. The molecule has 3 heterocycles. The number of rotatable bonds is 7. The summed E-state index contributed by atoms with van der Waals surface area (Å²) in [5, 5.41) is 18.2. The van der Waals surface area contributed by atoms with E-state index in [0.29, 0.717) is 23.8 Å². The fourth-order valence-corrected chi connectivity index (χ4v) is 4.28. The molecule has 4 rings (SSSR count). The van der Waals surface area contributed by atoms with Crippen LogP contribution in [0.3, 0.4) is 0 Å². The molecule has 0 unspecified atom stereocenters. The van der Waals surface area contributed by atoms with Crippen molar-refractivity contribution < 1.29 is 9.13 Å². The van der Waals surface area contributed by atoms with Gasteiger partial charge in [-0.05, 0) is 51.2 Å². The number of benzene rings is 1. The Morgan fingerprint density at radius 3 is 2.61 bits per heavy atom. The highest BCUT2D eigenvalue weighted by Gasteiger charge is 2.28. The van der Waals surface area contributed by atoms with Crippen LogP contribution >= 0.6 is 0 Å². The summed E-state index contributed by atoms with van der Waals surface area (Å²) in [6, 6.07) is 8.98. The summed E-state index contributed by atoms with van der Waals surface area (Å²) in [5.41, 5.74) is 2.87. The summed E-state index contributed by atoms with van der Waals surface area (Å²) < 4.78 is 21.7. The van der Waals surface area contributed by atoms with Crippen molar-refractivity contribution >= 4 is 5.69 Å². The Morgan fingerprint density at radius 2 is 2.00 bits per heavy atom. The number of nitrogens with zero attached hydrogens (tertiary/aromatic N) is 7.